The van der Waals surface area contributed by atoms with Gasteiger partial charge in [0.2, 0.25) is 5.82 Å². The number of alkyl halides is 2. The first-order valence-corrected chi connectivity index (χ1v) is 7.15. The van der Waals surface area contributed by atoms with E-state index in [1.165, 1.54) is 41.3 Å². The van der Waals surface area contributed by atoms with E-state index in [2.05, 4.69) is 20.1 Å². The van der Waals surface area contributed by atoms with Gasteiger partial charge in [0.05, 0.1) is 5.69 Å². The van der Waals surface area contributed by atoms with E-state index < -0.39 is 24.2 Å². The fourth-order valence-corrected chi connectivity index (χ4v) is 2.03. The van der Waals surface area contributed by atoms with Crippen molar-refractivity contribution in [2.45, 2.75) is 6.61 Å². The number of carbonyl (C=O) groups excluding carboxylic acids is 1. The maximum atomic E-state index is 13.2. The Hall–Kier alpha value is -3.43. The topological polar surface area (TPSA) is 69.0 Å². The quantitative estimate of drug-likeness (QED) is 0.703. The van der Waals surface area contributed by atoms with Gasteiger partial charge in [0, 0.05) is 11.8 Å². The van der Waals surface area contributed by atoms with Gasteiger partial charge in [-0.05, 0) is 36.4 Å². The van der Waals surface area contributed by atoms with Gasteiger partial charge in [-0.25, -0.2) is 18.4 Å². The van der Waals surface area contributed by atoms with E-state index in [9.17, 15) is 22.4 Å². The van der Waals surface area contributed by atoms with Gasteiger partial charge in [-0.15, -0.1) is 5.10 Å². The molecule has 0 aliphatic carbocycles. The third kappa shape index (κ3) is 3.97. The number of aromatic nitrogens is 3. The lowest BCUT2D eigenvalue weighted by Crippen LogP contribution is -2.14. The molecule has 0 aliphatic heterocycles. The van der Waals surface area contributed by atoms with Crippen molar-refractivity contribution < 1.29 is 27.1 Å². The normalized spacial score (nSPS) is 10.8. The first-order chi connectivity index (χ1) is 12.4. The molecule has 1 heterocycles. The van der Waals surface area contributed by atoms with E-state index in [1.807, 2.05) is 0 Å². The van der Waals surface area contributed by atoms with Crippen LogP contribution in [0.25, 0.3) is 5.69 Å². The molecule has 6 nitrogen and oxygen atoms in total. The Morgan fingerprint density at radius 3 is 2.46 bits per heavy atom. The highest BCUT2D eigenvalue weighted by molar-refractivity contribution is 6.01. The second-order valence-electron chi connectivity index (χ2n) is 4.97. The summed E-state index contributed by atoms with van der Waals surface area (Å²) in [4.78, 5) is 15.9. The van der Waals surface area contributed by atoms with Crippen molar-refractivity contribution >= 4 is 11.6 Å². The lowest BCUT2D eigenvalue weighted by Gasteiger charge is -2.05. The Labute approximate surface area is 144 Å². The summed E-state index contributed by atoms with van der Waals surface area (Å²) in [6, 6.07) is 8.41. The van der Waals surface area contributed by atoms with Crippen LogP contribution in [-0.4, -0.2) is 27.3 Å². The van der Waals surface area contributed by atoms with Crippen LogP contribution in [0.15, 0.2) is 48.8 Å². The van der Waals surface area contributed by atoms with Crippen molar-refractivity contribution in [3.8, 4) is 11.4 Å². The fourth-order valence-electron chi connectivity index (χ4n) is 2.03. The zero-order chi connectivity index (χ0) is 18.7. The number of amides is 1. The van der Waals surface area contributed by atoms with E-state index >= 15 is 0 Å². The smallest absolute Gasteiger partial charge is 0.387 e. The minimum Gasteiger partial charge on any atom is -0.435 e. The monoisotopic (exact) mass is 366 g/mol. The zero-order valence-electron chi connectivity index (χ0n) is 12.9. The predicted molar refractivity (Wildman–Crippen MR) is 82.3 cm³/mol. The summed E-state index contributed by atoms with van der Waals surface area (Å²) in [5.74, 6) is -3.12. The molecular formula is C16H10F4N4O2. The maximum absolute atomic E-state index is 13.2. The van der Waals surface area contributed by atoms with Crippen LogP contribution in [0, 0.1) is 11.6 Å². The van der Waals surface area contributed by atoms with E-state index in [0.29, 0.717) is 5.69 Å². The van der Waals surface area contributed by atoms with Crippen molar-refractivity contribution in [1.82, 2.24) is 14.8 Å². The number of nitrogens with one attached hydrogen (secondary N) is 1. The molecule has 0 aliphatic rings. The molecule has 0 radical (unpaired) electrons. The molecule has 0 unspecified atom stereocenters. The first kappa shape index (κ1) is 17.4. The summed E-state index contributed by atoms with van der Waals surface area (Å²) >= 11 is 0. The number of carbonyl (C=O) groups is 1. The third-order valence-electron chi connectivity index (χ3n) is 3.20. The minimum atomic E-state index is -2.93. The number of halogens is 4. The molecule has 0 saturated carbocycles. The molecular weight excluding hydrogens is 356 g/mol. The minimum absolute atomic E-state index is 0.0276. The lowest BCUT2D eigenvalue weighted by molar-refractivity contribution is -0.0498. The highest BCUT2D eigenvalue weighted by Gasteiger charge is 2.14. The van der Waals surface area contributed by atoms with Gasteiger partial charge in [0.1, 0.15) is 12.1 Å². The van der Waals surface area contributed by atoms with Gasteiger partial charge in [-0.2, -0.15) is 8.78 Å². The highest BCUT2D eigenvalue weighted by Crippen LogP contribution is 2.17. The number of hydrogen-bond acceptors (Lipinski definition) is 4. The van der Waals surface area contributed by atoms with Gasteiger partial charge in [0.25, 0.3) is 5.91 Å². The molecule has 2 aromatic carbocycles. The number of benzene rings is 2. The first-order valence-electron chi connectivity index (χ1n) is 7.15. The van der Waals surface area contributed by atoms with Gasteiger partial charge < -0.3 is 10.1 Å². The van der Waals surface area contributed by atoms with Crippen molar-refractivity contribution in [3.05, 3.63) is 66.3 Å². The second kappa shape index (κ2) is 7.21. The molecule has 0 fully saturated rings. The van der Waals surface area contributed by atoms with Crippen molar-refractivity contribution in [1.29, 1.82) is 0 Å². The van der Waals surface area contributed by atoms with Gasteiger partial charge in [-0.1, -0.05) is 0 Å². The molecule has 0 saturated heterocycles. The van der Waals surface area contributed by atoms with Crippen LogP contribution in [0.2, 0.25) is 0 Å². The lowest BCUT2D eigenvalue weighted by atomic mass is 10.3. The largest absolute Gasteiger partial charge is 0.435 e. The highest BCUT2D eigenvalue weighted by atomic mass is 19.3. The molecule has 0 bridgehead atoms. The van der Waals surface area contributed by atoms with Crippen molar-refractivity contribution in [2.75, 3.05) is 5.32 Å². The average Bonchev–Trinajstić information content (AvgIpc) is 3.08. The Morgan fingerprint density at radius 2 is 1.81 bits per heavy atom. The molecule has 3 aromatic rings. The molecule has 26 heavy (non-hydrogen) atoms. The maximum Gasteiger partial charge on any atom is 0.387 e. The number of hydrogen-bond donors (Lipinski definition) is 1. The summed E-state index contributed by atoms with van der Waals surface area (Å²) in [6.45, 7) is -2.93. The molecule has 10 heteroatoms. The number of anilines is 1. The van der Waals surface area contributed by atoms with E-state index in [-0.39, 0.29) is 17.3 Å². The predicted octanol–water partition coefficient (Wildman–Crippen LogP) is 3.40. The van der Waals surface area contributed by atoms with E-state index in [0.717, 1.165) is 12.1 Å². The Morgan fingerprint density at radius 1 is 1.08 bits per heavy atom. The molecule has 0 atom stereocenters. The van der Waals surface area contributed by atoms with Crippen LogP contribution >= 0.6 is 0 Å². The molecule has 134 valence electrons. The third-order valence-corrected chi connectivity index (χ3v) is 3.20. The molecule has 3 rings (SSSR count). The second-order valence-corrected chi connectivity index (χ2v) is 4.97. The van der Waals surface area contributed by atoms with Crippen LogP contribution in [0.3, 0.4) is 0 Å². The Kier molecular flexibility index (Phi) is 4.83. The summed E-state index contributed by atoms with van der Waals surface area (Å²) in [7, 11) is 0. The molecule has 1 aromatic heterocycles. The average molecular weight is 366 g/mol. The molecule has 1 amide bonds. The summed E-state index contributed by atoms with van der Waals surface area (Å²) in [6.07, 6.45) is 1.24. The van der Waals surface area contributed by atoms with Crippen LogP contribution in [-0.2, 0) is 0 Å². The SMILES string of the molecule is O=C(Nc1ccc(F)c(F)c1)c1ncn(-c2ccc(OC(F)F)cc2)n1. The van der Waals surface area contributed by atoms with Gasteiger partial charge in [-0.3, -0.25) is 4.79 Å². The van der Waals surface area contributed by atoms with E-state index in [4.69, 9.17) is 0 Å². The number of nitrogens with zero attached hydrogens (tertiary/aromatic N) is 3. The van der Waals surface area contributed by atoms with Crippen LogP contribution in [0.1, 0.15) is 10.6 Å². The van der Waals surface area contributed by atoms with Crippen LogP contribution in [0.4, 0.5) is 23.2 Å². The number of rotatable bonds is 5. The van der Waals surface area contributed by atoms with Crippen LogP contribution in [0.5, 0.6) is 5.75 Å². The van der Waals surface area contributed by atoms with Gasteiger partial charge >= 0.3 is 6.61 Å². The van der Waals surface area contributed by atoms with Crippen molar-refractivity contribution in [3.63, 3.8) is 0 Å². The fraction of sp³-hybridized carbons (Fsp3) is 0.0625. The van der Waals surface area contributed by atoms with Gasteiger partial charge in [0.15, 0.2) is 11.6 Å². The molecule has 0 spiro atoms. The number of ether oxygens (including phenoxy) is 1. The summed E-state index contributed by atoms with van der Waals surface area (Å²) < 4.78 is 55.8. The zero-order valence-corrected chi connectivity index (χ0v) is 12.9. The summed E-state index contributed by atoms with van der Waals surface area (Å²) in [5.41, 5.74) is 0.491. The Balaban J connectivity index is 1.72. The Bertz CT molecular complexity index is 928. The standard InChI is InChI=1S/C16H10F4N4O2/c17-12-6-1-9(7-13(12)18)22-15(25)14-21-8-24(23-14)10-2-4-11(5-3-10)26-16(19)20/h1-8,16H,(H,22,25). The summed E-state index contributed by atoms with van der Waals surface area (Å²) in [5, 5.41) is 6.28. The van der Waals surface area contributed by atoms with E-state index in [1.54, 1.807) is 0 Å². The molecule has 1 N–H and O–H groups in total. The van der Waals surface area contributed by atoms with Crippen molar-refractivity contribution in [2.24, 2.45) is 0 Å². The van der Waals surface area contributed by atoms with Crippen LogP contribution < -0.4 is 10.1 Å².